The molecule has 1 rings (SSSR count). The van der Waals surface area contributed by atoms with E-state index in [1.165, 1.54) is 0 Å². The molecule has 0 aliphatic heterocycles. The van der Waals surface area contributed by atoms with Gasteiger partial charge in [-0.25, -0.2) is 0 Å². The van der Waals surface area contributed by atoms with Gasteiger partial charge in [-0.15, -0.1) is 0 Å². The van der Waals surface area contributed by atoms with Gasteiger partial charge in [-0.3, -0.25) is 0 Å². The molecule has 0 aliphatic carbocycles. The minimum absolute atomic E-state index is 0. The standard InChI is InChI=1S/C6H6.Ba.2H/c1-2-4-6-5-3-1;;;/h1-6H;;;/q;+2;2*-1. The summed E-state index contributed by atoms with van der Waals surface area (Å²) in [5.74, 6) is 0. The predicted octanol–water partition coefficient (Wildman–Crippen LogP) is 1.53. The van der Waals surface area contributed by atoms with Crippen molar-refractivity contribution in [3.63, 3.8) is 0 Å². The smallest absolute Gasteiger partial charge is 1.00 e. The zero-order valence-corrected chi connectivity index (χ0v) is 8.61. The van der Waals surface area contributed by atoms with Crippen molar-refractivity contribution in [2.75, 3.05) is 0 Å². The molecule has 0 unspecified atom stereocenters. The molecule has 0 radical (unpaired) electrons. The third-order valence-electron chi connectivity index (χ3n) is 0.667. The number of hydrogen-bond donors (Lipinski definition) is 0. The Bertz CT molecular complexity index is 83.0. The Kier molecular flexibility index (Phi) is 5.50. The summed E-state index contributed by atoms with van der Waals surface area (Å²) in [7, 11) is 0. The van der Waals surface area contributed by atoms with Gasteiger partial charge in [0.05, 0.1) is 0 Å². The fourth-order valence-corrected chi connectivity index (χ4v) is 0.385. The Morgan fingerprint density at radius 1 is 0.571 bits per heavy atom. The van der Waals surface area contributed by atoms with Crippen molar-refractivity contribution in [2.45, 2.75) is 0 Å². The van der Waals surface area contributed by atoms with Crippen LogP contribution in [-0.4, -0.2) is 48.9 Å². The van der Waals surface area contributed by atoms with Crippen LogP contribution in [0.2, 0.25) is 0 Å². The van der Waals surface area contributed by atoms with Crippen LogP contribution in [0.3, 0.4) is 0 Å². The molecule has 1 heteroatoms. The van der Waals surface area contributed by atoms with E-state index in [9.17, 15) is 0 Å². The van der Waals surface area contributed by atoms with E-state index in [4.69, 9.17) is 0 Å². The van der Waals surface area contributed by atoms with E-state index in [1.807, 2.05) is 36.4 Å². The van der Waals surface area contributed by atoms with E-state index in [2.05, 4.69) is 0 Å². The maximum Gasteiger partial charge on any atom is 2.00 e. The molecule has 7 heavy (non-hydrogen) atoms. The Labute approximate surface area is 87.0 Å². The van der Waals surface area contributed by atoms with Crippen LogP contribution in [0.5, 0.6) is 0 Å². The second-order valence-corrected chi connectivity index (χ2v) is 1.15. The molecule has 1 aromatic rings. The summed E-state index contributed by atoms with van der Waals surface area (Å²) in [6.07, 6.45) is 0. The third kappa shape index (κ3) is 3.38. The molecule has 0 aliphatic rings. The van der Waals surface area contributed by atoms with Crippen molar-refractivity contribution in [1.82, 2.24) is 0 Å². The van der Waals surface area contributed by atoms with E-state index in [0.29, 0.717) is 0 Å². The van der Waals surface area contributed by atoms with Crippen LogP contribution < -0.4 is 0 Å². The van der Waals surface area contributed by atoms with Crippen molar-refractivity contribution < 1.29 is 2.85 Å². The van der Waals surface area contributed by atoms with Crippen LogP contribution in [0, 0.1) is 0 Å². The number of hydrogen-bond acceptors (Lipinski definition) is 0. The molecular weight excluding hydrogens is 209 g/mol. The molecule has 0 bridgehead atoms. The first kappa shape index (κ1) is 7.79. The average molecular weight is 217 g/mol. The molecule has 0 N–H and O–H groups in total. The molecule has 0 spiro atoms. The summed E-state index contributed by atoms with van der Waals surface area (Å²) in [5, 5.41) is 0. The first-order valence-electron chi connectivity index (χ1n) is 2.00. The topological polar surface area (TPSA) is 0 Å². The Hall–Kier alpha value is 0.791. The molecule has 0 amide bonds. The Morgan fingerprint density at radius 3 is 0.857 bits per heavy atom. The second kappa shape index (κ2) is 4.94. The summed E-state index contributed by atoms with van der Waals surface area (Å²) >= 11 is 0. The van der Waals surface area contributed by atoms with Gasteiger partial charge in [-0.05, 0) is 0 Å². The number of rotatable bonds is 0. The van der Waals surface area contributed by atoms with Crippen molar-refractivity contribution in [3.8, 4) is 0 Å². The normalized spacial score (nSPS) is 6.86. The zero-order valence-electron chi connectivity index (χ0n) is 6.17. The molecule has 0 fully saturated rings. The molecule has 0 saturated carbocycles. The minimum atomic E-state index is 0. The fourth-order valence-electron chi connectivity index (χ4n) is 0.385. The summed E-state index contributed by atoms with van der Waals surface area (Å²) in [6, 6.07) is 12.0. The monoisotopic (exact) mass is 218 g/mol. The van der Waals surface area contributed by atoms with Crippen LogP contribution in [0.25, 0.3) is 0 Å². The SMILES string of the molecule is [Ba+2].[H-].[H-].c1ccccc1. The molecule has 0 nitrogen and oxygen atoms in total. The van der Waals surface area contributed by atoms with Gasteiger partial charge in [0.2, 0.25) is 0 Å². The molecular formula is C6H8Ba. The van der Waals surface area contributed by atoms with Crippen molar-refractivity contribution in [3.05, 3.63) is 36.4 Å². The maximum absolute atomic E-state index is 2.00. The van der Waals surface area contributed by atoms with E-state index in [-0.39, 0.29) is 51.7 Å². The molecule has 0 aromatic heterocycles. The molecule has 0 saturated heterocycles. The van der Waals surface area contributed by atoms with Gasteiger partial charge in [0, 0.05) is 0 Å². The first-order chi connectivity index (χ1) is 3.00. The summed E-state index contributed by atoms with van der Waals surface area (Å²) in [6.45, 7) is 0. The number of benzene rings is 1. The first-order valence-corrected chi connectivity index (χ1v) is 2.00. The van der Waals surface area contributed by atoms with Gasteiger partial charge >= 0.3 is 48.9 Å². The van der Waals surface area contributed by atoms with E-state index in [1.54, 1.807) is 0 Å². The van der Waals surface area contributed by atoms with Crippen molar-refractivity contribution in [1.29, 1.82) is 0 Å². The van der Waals surface area contributed by atoms with Crippen LogP contribution >= 0.6 is 0 Å². The van der Waals surface area contributed by atoms with Crippen LogP contribution in [0.1, 0.15) is 2.85 Å². The van der Waals surface area contributed by atoms with Gasteiger partial charge in [0.15, 0.2) is 0 Å². The van der Waals surface area contributed by atoms with Crippen LogP contribution in [-0.2, 0) is 0 Å². The van der Waals surface area contributed by atoms with Gasteiger partial charge in [-0.1, -0.05) is 36.4 Å². The summed E-state index contributed by atoms with van der Waals surface area (Å²) in [4.78, 5) is 0. The van der Waals surface area contributed by atoms with Gasteiger partial charge in [-0.2, -0.15) is 0 Å². The van der Waals surface area contributed by atoms with E-state index >= 15 is 0 Å². The second-order valence-electron chi connectivity index (χ2n) is 1.15. The Balaban J connectivity index is -0.000000120. The largest absolute Gasteiger partial charge is 2.00 e. The molecule has 34 valence electrons. The van der Waals surface area contributed by atoms with Crippen molar-refractivity contribution >= 4 is 48.9 Å². The molecule has 1 aromatic carbocycles. The summed E-state index contributed by atoms with van der Waals surface area (Å²) < 4.78 is 0. The fraction of sp³-hybridized carbons (Fsp3) is 0. The average Bonchev–Trinajstić information content (AvgIpc) is 1.72. The minimum Gasteiger partial charge on any atom is -1.00 e. The van der Waals surface area contributed by atoms with Gasteiger partial charge < -0.3 is 2.85 Å². The van der Waals surface area contributed by atoms with Crippen LogP contribution in [0.15, 0.2) is 36.4 Å². The summed E-state index contributed by atoms with van der Waals surface area (Å²) in [5.41, 5.74) is 0. The van der Waals surface area contributed by atoms with E-state index < -0.39 is 0 Å². The molecule has 0 heterocycles. The van der Waals surface area contributed by atoms with E-state index in [0.717, 1.165) is 0 Å². The van der Waals surface area contributed by atoms with Gasteiger partial charge in [0.1, 0.15) is 0 Å². The van der Waals surface area contributed by atoms with Crippen molar-refractivity contribution in [2.24, 2.45) is 0 Å². The van der Waals surface area contributed by atoms with Gasteiger partial charge in [0.25, 0.3) is 0 Å². The Morgan fingerprint density at radius 2 is 0.714 bits per heavy atom. The molecule has 0 atom stereocenters. The maximum atomic E-state index is 2.00. The predicted molar refractivity (Wildman–Crippen MR) is 34.4 cm³/mol. The zero-order chi connectivity index (χ0) is 4.24. The third-order valence-corrected chi connectivity index (χ3v) is 0.667. The van der Waals surface area contributed by atoms with Crippen LogP contribution in [0.4, 0.5) is 0 Å². The quantitative estimate of drug-likeness (QED) is 0.578.